The first-order valence-electron chi connectivity index (χ1n) is 5.75. The number of nitrogens with one attached hydrogen (secondary N) is 1. The van der Waals surface area contributed by atoms with E-state index in [0.717, 1.165) is 5.56 Å². The minimum atomic E-state index is -0.763. The Kier molecular flexibility index (Phi) is 3.26. The average molecular weight is 223 g/mol. The van der Waals surface area contributed by atoms with Crippen LogP contribution in [0.2, 0.25) is 0 Å². The summed E-state index contributed by atoms with van der Waals surface area (Å²) in [6.07, 6.45) is 2.98. The Balaban J connectivity index is 1.87. The second kappa shape index (κ2) is 4.52. The lowest BCUT2D eigenvalue weighted by Crippen LogP contribution is -2.40. The number of hydrogen-bond acceptors (Lipinski definition) is 2. The van der Waals surface area contributed by atoms with Gasteiger partial charge in [0.1, 0.15) is 5.82 Å². The van der Waals surface area contributed by atoms with Crippen LogP contribution in [0.5, 0.6) is 0 Å². The zero-order chi connectivity index (χ0) is 11.6. The van der Waals surface area contributed by atoms with Gasteiger partial charge in [-0.15, -0.1) is 0 Å². The van der Waals surface area contributed by atoms with Crippen molar-refractivity contribution in [1.29, 1.82) is 0 Å². The molecule has 0 amide bonds. The van der Waals surface area contributed by atoms with E-state index in [4.69, 9.17) is 0 Å². The number of benzene rings is 1. The Bertz CT molecular complexity index is 343. The summed E-state index contributed by atoms with van der Waals surface area (Å²) in [5.41, 5.74) is 0.199. The highest BCUT2D eigenvalue weighted by Crippen LogP contribution is 2.20. The standard InChI is InChI=1S/C13H18FNO/c1-13(16,9-15-12-6-7-12)8-10-2-4-11(14)5-3-10/h2-5,12,15-16H,6-9H2,1H3. The minimum absolute atomic E-state index is 0.237. The van der Waals surface area contributed by atoms with Gasteiger partial charge in [0.05, 0.1) is 5.60 Å². The van der Waals surface area contributed by atoms with Gasteiger partial charge >= 0.3 is 0 Å². The molecule has 1 unspecified atom stereocenters. The van der Waals surface area contributed by atoms with E-state index in [1.54, 1.807) is 12.1 Å². The molecule has 0 aromatic heterocycles. The fraction of sp³-hybridized carbons (Fsp3) is 0.538. The molecule has 1 aliphatic carbocycles. The molecule has 0 heterocycles. The molecule has 3 heteroatoms. The molecule has 0 aliphatic heterocycles. The van der Waals surface area contributed by atoms with E-state index in [2.05, 4.69) is 5.32 Å². The molecule has 0 bridgehead atoms. The third kappa shape index (κ3) is 3.58. The zero-order valence-corrected chi connectivity index (χ0v) is 9.54. The summed E-state index contributed by atoms with van der Waals surface area (Å²) in [6, 6.07) is 6.90. The van der Waals surface area contributed by atoms with Crippen molar-refractivity contribution < 1.29 is 9.50 Å². The first kappa shape index (κ1) is 11.6. The van der Waals surface area contributed by atoms with Crippen molar-refractivity contribution in [3.05, 3.63) is 35.6 Å². The molecule has 16 heavy (non-hydrogen) atoms. The lowest BCUT2D eigenvalue weighted by atomic mass is 9.96. The Morgan fingerprint density at radius 2 is 2.00 bits per heavy atom. The third-order valence-electron chi connectivity index (χ3n) is 2.85. The van der Waals surface area contributed by atoms with Gasteiger partial charge in [-0.2, -0.15) is 0 Å². The summed E-state index contributed by atoms with van der Waals surface area (Å²) in [5, 5.41) is 13.5. The molecule has 1 saturated carbocycles. The van der Waals surface area contributed by atoms with Gasteiger partial charge in [0.2, 0.25) is 0 Å². The largest absolute Gasteiger partial charge is 0.389 e. The van der Waals surface area contributed by atoms with Crippen LogP contribution in [-0.4, -0.2) is 23.3 Å². The van der Waals surface area contributed by atoms with Gasteiger partial charge in [0, 0.05) is 19.0 Å². The van der Waals surface area contributed by atoms with E-state index in [0.29, 0.717) is 19.0 Å². The predicted octanol–water partition coefficient (Wildman–Crippen LogP) is 1.87. The quantitative estimate of drug-likeness (QED) is 0.798. The summed E-state index contributed by atoms with van der Waals surface area (Å²) in [4.78, 5) is 0. The summed E-state index contributed by atoms with van der Waals surface area (Å²) < 4.78 is 12.7. The lowest BCUT2D eigenvalue weighted by molar-refractivity contribution is 0.0597. The van der Waals surface area contributed by atoms with Gasteiger partial charge in [-0.1, -0.05) is 12.1 Å². The first-order valence-corrected chi connectivity index (χ1v) is 5.75. The van der Waals surface area contributed by atoms with Gasteiger partial charge in [-0.05, 0) is 37.5 Å². The summed E-state index contributed by atoms with van der Waals surface area (Å²) >= 11 is 0. The maximum atomic E-state index is 12.7. The van der Waals surface area contributed by atoms with Gasteiger partial charge in [-0.25, -0.2) is 4.39 Å². The molecule has 1 aliphatic rings. The van der Waals surface area contributed by atoms with Crippen LogP contribution in [0.25, 0.3) is 0 Å². The van der Waals surface area contributed by atoms with Gasteiger partial charge in [0.25, 0.3) is 0 Å². The van der Waals surface area contributed by atoms with Crippen molar-refractivity contribution in [3.63, 3.8) is 0 Å². The average Bonchev–Trinajstić information content (AvgIpc) is 3.02. The molecule has 1 aromatic rings. The molecule has 1 aromatic carbocycles. The van der Waals surface area contributed by atoms with Crippen LogP contribution in [0.15, 0.2) is 24.3 Å². The number of aliphatic hydroxyl groups is 1. The van der Waals surface area contributed by atoms with Crippen molar-refractivity contribution in [2.24, 2.45) is 0 Å². The van der Waals surface area contributed by atoms with Crippen molar-refractivity contribution in [2.75, 3.05) is 6.54 Å². The molecule has 1 atom stereocenters. The molecule has 0 spiro atoms. The molecule has 2 N–H and O–H groups in total. The monoisotopic (exact) mass is 223 g/mol. The zero-order valence-electron chi connectivity index (χ0n) is 9.54. The predicted molar refractivity (Wildman–Crippen MR) is 61.8 cm³/mol. The van der Waals surface area contributed by atoms with Crippen molar-refractivity contribution in [3.8, 4) is 0 Å². The Morgan fingerprint density at radius 1 is 1.38 bits per heavy atom. The minimum Gasteiger partial charge on any atom is -0.389 e. The Hall–Kier alpha value is -0.930. The van der Waals surface area contributed by atoms with Crippen LogP contribution in [0.3, 0.4) is 0 Å². The van der Waals surface area contributed by atoms with Crippen LogP contribution in [0.4, 0.5) is 4.39 Å². The van der Waals surface area contributed by atoms with Crippen molar-refractivity contribution in [1.82, 2.24) is 5.32 Å². The van der Waals surface area contributed by atoms with Crippen LogP contribution >= 0.6 is 0 Å². The van der Waals surface area contributed by atoms with Crippen LogP contribution < -0.4 is 5.32 Å². The van der Waals surface area contributed by atoms with E-state index in [9.17, 15) is 9.50 Å². The maximum Gasteiger partial charge on any atom is 0.123 e. The summed E-state index contributed by atoms with van der Waals surface area (Å²) in [6.45, 7) is 2.40. The highest BCUT2D eigenvalue weighted by molar-refractivity contribution is 5.18. The third-order valence-corrected chi connectivity index (χ3v) is 2.85. The summed E-state index contributed by atoms with van der Waals surface area (Å²) in [5.74, 6) is -0.237. The van der Waals surface area contributed by atoms with E-state index < -0.39 is 5.60 Å². The van der Waals surface area contributed by atoms with Crippen molar-refractivity contribution in [2.45, 2.75) is 37.8 Å². The van der Waals surface area contributed by atoms with E-state index in [1.807, 2.05) is 6.92 Å². The van der Waals surface area contributed by atoms with Crippen LogP contribution in [-0.2, 0) is 6.42 Å². The molecule has 0 saturated heterocycles. The molecule has 2 rings (SSSR count). The van der Waals surface area contributed by atoms with Gasteiger partial charge < -0.3 is 10.4 Å². The highest BCUT2D eigenvalue weighted by atomic mass is 19.1. The van der Waals surface area contributed by atoms with Crippen molar-refractivity contribution >= 4 is 0 Å². The highest BCUT2D eigenvalue weighted by Gasteiger charge is 2.26. The normalized spacial score (nSPS) is 19.4. The number of halogens is 1. The Labute approximate surface area is 95.5 Å². The second-order valence-corrected chi connectivity index (χ2v) is 4.96. The molecule has 1 fully saturated rings. The van der Waals surface area contributed by atoms with Crippen LogP contribution in [0, 0.1) is 5.82 Å². The fourth-order valence-electron chi connectivity index (χ4n) is 1.76. The van der Waals surface area contributed by atoms with E-state index in [-0.39, 0.29) is 5.82 Å². The topological polar surface area (TPSA) is 32.3 Å². The molecule has 2 nitrogen and oxygen atoms in total. The smallest absolute Gasteiger partial charge is 0.123 e. The maximum absolute atomic E-state index is 12.7. The van der Waals surface area contributed by atoms with Gasteiger partial charge in [-0.3, -0.25) is 0 Å². The first-order chi connectivity index (χ1) is 7.55. The Morgan fingerprint density at radius 3 is 2.56 bits per heavy atom. The molecule has 0 radical (unpaired) electrons. The SMILES string of the molecule is CC(O)(CNC1CC1)Cc1ccc(F)cc1. The van der Waals surface area contributed by atoms with Gasteiger partial charge in [0.15, 0.2) is 0 Å². The molecule has 88 valence electrons. The lowest BCUT2D eigenvalue weighted by Gasteiger charge is -2.24. The van der Waals surface area contributed by atoms with E-state index in [1.165, 1.54) is 25.0 Å². The summed E-state index contributed by atoms with van der Waals surface area (Å²) in [7, 11) is 0. The molecular formula is C13H18FNO. The number of rotatable bonds is 5. The fourth-order valence-corrected chi connectivity index (χ4v) is 1.76. The molecular weight excluding hydrogens is 205 g/mol. The van der Waals surface area contributed by atoms with Crippen LogP contribution in [0.1, 0.15) is 25.3 Å². The number of hydrogen-bond donors (Lipinski definition) is 2. The second-order valence-electron chi connectivity index (χ2n) is 4.96. The van der Waals surface area contributed by atoms with E-state index >= 15 is 0 Å².